The zero-order valence-electron chi connectivity index (χ0n) is 20.8. The van der Waals surface area contributed by atoms with Crippen molar-refractivity contribution in [2.75, 3.05) is 25.8 Å². The van der Waals surface area contributed by atoms with Gasteiger partial charge in [-0.1, -0.05) is 6.07 Å². The van der Waals surface area contributed by atoms with Crippen LogP contribution < -0.4 is 29.6 Å². The Labute approximate surface area is 218 Å². The number of anilines is 1. The zero-order chi connectivity index (χ0) is 25.7. The summed E-state index contributed by atoms with van der Waals surface area (Å²) in [4.78, 5) is 29.6. The summed E-state index contributed by atoms with van der Waals surface area (Å²) in [7, 11) is 1.51. The monoisotopic (exact) mass is 521 g/mol. The number of carbonyl (C=O) groups is 2. The molecule has 9 nitrogen and oxygen atoms in total. The lowest BCUT2D eigenvalue weighted by Gasteiger charge is -2.31. The second-order valence-corrected chi connectivity index (χ2v) is 10.5. The Bertz CT molecular complexity index is 1400. The number of esters is 1. The van der Waals surface area contributed by atoms with E-state index in [2.05, 4.69) is 29.4 Å². The van der Waals surface area contributed by atoms with Gasteiger partial charge in [0.25, 0.3) is 5.91 Å². The molecule has 0 spiro atoms. The van der Waals surface area contributed by atoms with Crippen LogP contribution in [-0.4, -0.2) is 43.3 Å². The van der Waals surface area contributed by atoms with Crippen LogP contribution in [0.1, 0.15) is 56.7 Å². The molecular formula is C27H27N3O6S. The summed E-state index contributed by atoms with van der Waals surface area (Å²) in [6.07, 6.45) is 0.435. The predicted octanol–water partition coefficient (Wildman–Crippen LogP) is 4.33. The molecule has 0 unspecified atom stereocenters. The fourth-order valence-electron chi connectivity index (χ4n) is 4.87. The van der Waals surface area contributed by atoms with Crippen LogP contribution in [0.3, 0.4) is 0 Å². The minimum Gasteiger partial charge on any atom is -0.493 e. The number of benzene rings is 2. The predicted molar refractivity (Wildman–Crippen MR) is 138 cm³/mol. The first kappa shape index (κ1) is 23.6. The van der Waals surface area contributed by atoms with Crippen molar-refractivity contribution in [3.63, 3.8) is 0 Å². The van der Waals surface area contributed by atoms with Crippen molar-refractivity contribution in [1.82, 2.24) is 10.2 Å². The van der Waals surface area contributed by atoms with Gasteiger partial charge in [0.1, 0.15) is 11.2 Å². The summed E-state index contributed by atoms with van der Waals surface area (Å²) >= 11 is 1.66. The third-order valence-electron chi connectivity index (χ3n) is 6.93. The SMILES string of the molecule is COc1cc([C@@H]2NC(=O)c3c(sc4c3CCN(C(C)C)C4)N2)ccc1OC(=O)c1ccc2c(c1)OCO2. The molecule has 0 aliphatic carbocycles. The van der Waals surface area contributed by atoms with Gasteiger partial charge in [0, 0.05) is 24.0 Å². The number of nitrogens with zero attached hydrogens (tertiary/aromatic N) is 1. The highest BCUT2D eigenvalue weighted by Crippen LogP contribution is 2.42. The number of methoxy groups -OCH3 is 1. The number of nitrogens with one attached hydrogen (secondary N) is 2. The normalized spacial score (nSPS) is 18.1. The molecule has 3 aliphatic heterocycles. The van der Waals surface area contributed by atoms with E-state index in [0.717, 1.165) is 41.2 Å². The largest absolute Gasteiger partial charge is 0.493 e. The summed E-state index contributed by atoms with van der Waals surface area (Å²) in [5.41, 5.74) is 3.04. The van der Waals surface area contributed by atoms with E-state index in [9.17, 15) is 9.59 Å². The van der Waals surface area contributed by atoms with Crippen molar-refractivity contribution in [3.05, 3.63) is 63.5 Å². The summed E-state index contributed by atoms with van der Waals surface area (Å²) in [5, 5.41) is 7.45. The van der Waals surface area contributed by atoms with Gasteiger partial charge in [-0.25, -0.2) is 4.79 Å². The fraction of sp³-hybridized carbons (Fsp3) is 0.333. The molecule has 2 N–H and O–H groups in total. The van der Waals surface area contributed by atoms with E-state index in [0.29, 0.717) is 28.9 Å². The zero-order valence-corrected chi connectivity index (χ0v) is 21.6. The molecular weight excluding hydrogens is 494 g/mol. The van der Waals surface area contributed by atoms with Crippen LogP contribution in [0, 0.1) is 0 Å². The highest BCUT2D eigenvalue weighted by atomic mass is 32.1. The second kappa shape index (κ2) is 9.28. The highest BCUT2D eigenvalue weighted by molar-refractivity contribution is 7.16. The third-order valence-corrected chi connectivity index (χ3v) is 8.07. The van der Waals surface area contributed by atoms with E-state index in [4.69, 9.17) is 18.9 Å². The minimum atomic E-state index is -0.544. The van der Waals surface area contributed by atoms with Crippen molar-refractivity contribution in [2.24, 2.45) is 0 Å². The van der Waals surface area contributed by atoms with Gasteiger partial charge in [-0.05, 0) is 61.7 Å². The molecule has 2 aromatic carbocycles. The van der Waals surface area contributed by atoms with E-state index in [1.807, 2.05) is 6.07 Å². The average Bonchev–Trinajstić information content (AvgIpc) is 3.52. The van der Waals surface area contributed by atoms with Crippen LogP contribution in [0.4, 0.5) is 5.00 Å². The molecule has 1 aromatic heterocycles. The third kappa shape index (κ3) is 4.25. The second-order valence-electron chi connectivity index (χ2n) is 9.44. The average molecular weight is 522 g/mol. The van der Waals surface area contributed by atoms with E-state index >= 15 is 0 Å². The quantitative estimate of drug-likeness (QED) is 0.378. The molecule has 1 atom stereocenters. The molecule has 3 aliphatic rings. The maximum absolute atomic E-state index is 13.1. The van der Waals surface area contributed by atoms with Crippen molar-refractivity contribution >= 4 is 28.2 Å². The Balaban J connectivity index is 1.21. The molecule has 4 heterocycles. The van der Waals surface area contributed by atoms with Crippen LogP contribution in [0.15, 0.2) is 36.4 Å². The first-order valence-electron chi connectivity index (χ1n) is 12.2. The molecule has 0 bridgehead atoms. The Morgan fingerprint density at radius 3 is 2.76 bits per heavy atom. The molecule has 37 heavy (non-hydrogen) atoms. The van der Waals surface area contributed by atoms with Gasteiger partial charge in [-0.15, -0.1) is 11.3 Å². The number of thiophene rings is 1. The maximum atomic E-state index is 13.1. The van der Waals surface area contributed by atoms with Crippen molar-refractivity contribution in [3.8, 4) is 23.0 Å². The molecule has 1 amide bonds. The molecule has 10 heteroatoms. The number of rotatable bonds is 5. The summed E-state index contributed by atoms with van der Waals surface area (Å²) < 4.78 is 21.8. The number of ether oxygens (including phenoxy) is 4. The molecule has 0 saturated carbocycles. The summed E-state index contributed by atoms with van der Waals surface area (Å²) in [6, 6.07) is 10.6. The van der Waals surface area contributed by atoms with Gasteiger partial charge in [-0.3, -0.25) is 9.69 Å². The molecule has 192 valence electrons. The molecule has 0 radical (unpaired) electrons. The van der Waals surface area contributed by atoms with Crippen LogP contribution in [-0.2, 0) is 13.0 Å². The topological polar surface area (TPSA) is 98.4 Å². The van der Waals surface area contributed by atoms with Crippen LogP contribution in [0.5, 0.6) is 23.0 Å². The van der Waals surface area contributed by atoms with Crippen molar-refractivity contribution in [2.45, 2.75) is 39.0 Å². The van der Waals surface area contributed by atoms with Crippen LogP contribution >= 0.6 is 11.3 Å². The van der Waals surface area contributed by atoms with Gasteiger partial charge in [0.05, 0.1) is 18.2 Å². The van der Waals surface area contributed by atoms with Gasteiger partial charge < -0.3 is 29.6 Å². The maximum Gasteiger partial charge on any atom is 0.343 e. The first-order chi connectivity index (χ1) is 17.9. The van der Waals surface area contributed by atoms with Gasteiger partial charge in [0.15, 0.2) is 23.0 Å². The Kier molecular flexibility index (Phi) is 5.92. The smallest absolute Gasteiger partial charge is 0.343 e. The van der Waals surface area contributed by atoms with Gasteiger partial charge in [-0.2, -0.15) is 0 Å². The number of carbonyl (C=O) groups excluding carboxylic acids is 2. The van der Waals surface area contributed by atoms with Gasteiger partial charge in [0.2, 0.25) is 6.79 Å². The molecule has 6 rings (SSSR count). The number of hydrogen-bond donors (Lipinski definition) is 2. The lowest BCUT2D eigenvalue weighted by atomic mass is 9.99. The molecule has 0 saturated heterocycles. The Morgan fingerprint density at radius 1 is 1.11 bits per heavy atom. The minimum absolute atomic E-state index is 0.0773. The fourth-order valence-corrected chi connectivity index (χ4v) is 6.17. The van der Waals surface area contributed by atoms with E-state index in [1.165, 1.54) is 12.0 Å². The van der Waals surface area contributed by atoms with Crippen LogP contribution in [0.25, 0.3) is 0 Å². The standard InChI is InChI=1S/C27H27N3O6S/c1-14(2)30-9-8-17-22(12-30)37-26-23(17)25(31)28-24(29-26)15-4-7-19(20(10-15)33-3)36-27(32)16-5-6-18-21(11-16)35-13-34-18/h4-7,10-11,14,24,29H,8-9,12-13H2,1-3H3,(H,28,31)/t24-/m1/s1. The van der Waals surface area contributed by atoms with E-state index in [1.54, 1.807) is 41.7 Å². The Hall–Kier alpha value is -3.76. The lowest BCUT2D eigenvalue weighted by molar-refractivity contribution is 0.0729. The van der Waals surface area contributed by atoms with Gasteiger partial charge >= 0.3 is 5.97 Å². The Morgan fingerprint density at radius 2 is 1.95 bits per heavy atom. The van der Waals surface area contributed by atoms with Crippen LogP contribution in [0.2, 0.25) is 0 Å². The lowest BCUT2D eigenvalue weighted by Crippen LogP contribution is -2.39. The van der Waals surface area contributed by atoms with E-state index < -0.39 is 12.1 Å². The molecule has 3 aromatic rings. The molecule has 0 fully saturated rings. The van der Waals surface area contributed by atoms with Crippen molar-refractivity contribution < 1.29 is 28.5 Å². The number of amides is 1. The van der Waals surface area contributed by atoms with Crippen molar-refractivity contribution in [1.29, 1.82) is 0 Å². The summed E-state index contributed by atoms with van der Waals surface area (Å²) in [5.74, 6) is 1.13. The van der Waals surface area contributed by atoms with E-state index in [-0.39, 0.29) is 18.4 Å². The highest BCUT2D eigenvalue weighted by Gasteiger charge is 2.34. The first-order valence-corrected chi connectivity index (χ1v) is 13.0. The number of hydrogen-bond acceptors (Lipinski definition) is 9. The summed E-state index contributed by atoms with van der Waals surface area (Å²) in [6.45, 7) is 6.34. The number of fused-ring (bicyclic) bond motifs is 4.